The van der Waals surface area contributed by atoms with Crippen molar-refractivity contribution < 1.29 is 19.6 Å². The zero-order chi connectivity index (χ0) is 18.6. The Bertz CT molecular complexity index is 653. The smallest absolute Gasteiger partial charge is 0.381 e. The Kier molecular flexibility index (Phi) is 6.07. The van der Waals surface area contributed by atoms with E-state index >= 15 is 0 Å². The molecule has 0 spiro atoms. The molecule has 1 fully saturated rings. The predicted molar refractivity (Wildman–Crippen MR) is 88.1 cm³/mol. The Labute approximate surface area is 145 Å². The minimum Gasteiger partial charge on any atom is -0.480 e. The van der Waals surface area contributed by atoms with Crippen LogP contribution in [0.15, 0.2) is 6.20 Å². The van der Waals surface area contributed by atoms with E-state index in [2.05, 4.69) is 10.3 Å². The molecular formula is C15H23N5O5. The van der Waals surface area contributed by atoms with E-state index in [4.69, 9.17) is 5.11 Å². The van der Waals surface area contributed by atoms with E-state index in [0.717, 1.165) is 12.8 Å². The summed E-state index contributed by atoms with van der Waals surface area (Å²) in [5.41, 5.74) is 0. The van der Waals surface area contributed by atoms with Gasteiger partial charge in [-0.15, -0.1) is 0 Å². The van der Waals surface area contributed by atoms with Crippen molar-refractivity contribution in [3.8, 4) is 0 Å². The summed E-state index contributed by atoms with van der Waals surface area (Å²) in [5.74, 6) is -0.701. The third kappa shape index (κ3) is 4.99. The van der Waals surface area contributed by atoms with E-state index in [1.165, 1.54) is 6.20 Å². The molecule has 25 heavy (non-hydrogen) atoms. The summed E-state index contributed by atoms with van der Waals surface area (Å²) in [7, 11) is 0. The molecule has 0 aliphatic heterocycles. The van der Waals surface area contributed by atoms with Crippen molar-refractivity contribution in [3.05, 3.63) is 22.1 Å². The minimum atomic E-state index is -0.848. The maximum atomic E-state index is 12.0. The highest BCUT2D eigenvalue weighted by Crippen LogP contribution is 2.25. The molecule has 2 N–H and O–H groups in total. The molecule has 10 nitrogen and oxygen atoms in total. The second-order valence-corrected chi connectivity index (χ2v) is 6.19. The SMILES string of the molecule is CCN(CC(=O)O)C1CC(NC(=O)CCn2cc([N+](=O)[O-])nc2C)C1. The number of nitro groups is 1. The summed E-state index contributed by atoms with van der Waals surface area (Å²) in [6.45, 7) is 4.58. The van der Waals surface area contributed by atoms with E-state index in [1.54, 1.807) is 11.5 Å². The largest absolute Gasteiger partial charge is 0.480 e. The fourth-order valence-electron chi connectivity index (χ4n) is 3.00. The highest BCUT2D eigenvalue weighted by Gasteiger charge is 2.34. The first kappa shape index (κ1) is 18.8. The van der Waals surface area contributed by atoms with Crippen molar-refractivity contribution in [1.29, 1.82) is 0 Å². The molecule has 10 heteroatoms. The molecule has 1 aliphatic rings. The molecule has 0 bridgehead atoms. The molecule has 1 aromatic heterocycles. The summed E-state index contributed by atoms with van der Waals surface area (Å²) in [6, 6.07) is 0.239. The lowest BCUT2D eigenvalue weighted by atomic mass is 9.85. The summed E-state index contributed by atoms with van der Waals surface area (Å²) in [6.07, 6.45) is 3.01. The van der Waals surface area contributed by atoms with Gasteiger partial charge in [0.2, 0.25) is 11.7 Å². The molecule has 2 rings (SSSR count). The van der Waals surface area contributed by atoms with Gasteiger partial charge in [-0.3, -0.25) is 14.5 Å². The van der Waals surface area contributed by atoms with E-state index in [0.29, 0.717) is 18.9 Å². The van der Waals surface area contributed by atoms with Gasteiger partial charge in [0.05, 0.1) is 6.54 Å². The van der Waals surface area contributed by atoms with Gasteiger partial charge in [0.15, 0.2) is 0 Å². The zero-order valence-corrected chi connectivity index (χ0v) is 14.3. The first-order valence-corrected chi connectivity index (χ1v) is 8.23. The zero-order valence-electron chi connectivity index (χ0n) is 14.3. The molecule has 1 aliphatic carbocycles. The number of aliphatic carboxylic acids is 1. The molecule has 1 aromatic rings. The molecule has 0 radical (unpaired) electrons. The van der Waals surface area contributed by atoms with Gasteiger partial charge < -0.3 is 25.1 Å². The van der Waals surface area contributed by atoms with Crippen molar-refractivity contribution in [2.75, 3.05) is 13.1 Å². The number of hydrogen-bond acceptors (Lipinski definition) is 6. The van der Waals surface area contributed by atoms with Gasteiger partial charge >= 0.3 is 11.8 Å². The minimum absolute atomic E-state index is 0.0144. The average molecular weight is 353 g/mol. The fraction of sp³-hybridized carbons (Fsp3) is 0.667. The average Bonchev–Trinajstić information content (AvgIpc) is 2.87. The van der Waals surface area contributed by atoms with Gasteiger partial charge in [0.1, 0.15) is 6.20 Å². The highest BCUT2D eigenvalue weighted by molar-refractivity contribution is 5.76. The normalized spacial score (nSPS) is 19.5. The van der Waals surface area contributed by atoms with Crippen molar-refractivity contribution in [1.82, 2.24) is 19.8 Å². The molecule has 0 saturated heterocycles. The number of carboxylic acid groups (broad SMARTS) is 1. The first-order chi connectivity index (χ1) is 11.8. The number of likely N-dealkylation sites (N-methyl/N-ethyl adjacent to an activating group) is 1. The number of nitrogens with zero attached hydrogens (tertiary/aromatic N) is 4. The summed E-state index contributed by atoms with van der Waals surface area (Å²) in [4.78, 5) is 38.6. The molecule has 1 heterocycles. The Morgan fingerprint density at radius 2 is 2.20 bits per heavy atom. The summed E-state index contributed by atoms with van der Waals surface area (Å²) >= 11 is 0. The fourth-order valence-corrected chi connectivity index (χ4v) is 3.00. The van der Waals surface area contributed by atoms with Crippen molar-refractivity contribution in [2.45, 2.75) is 51.7 Å². The monoisotopic (exact) mass is 353 g/mol. The maximum absolute atomic E-state index is 12.0. The highest BCUT2D eigenvalue weighted by atomic mass is 16.6. The number of carbonyl (C=O) groups excluding carboxylic acids is 1. The Hall–Kier alpha value is -2.49. The third-order valence-corrected chi connectivity index (χ3v) is 4.47. The van der Waals surface area contributed by atoms with E-state index in [-0.39, 0.29) is 36.8 Å². The Morgan fingerprint density at radius 1 is 1.52 bits per heavy atom. The van der Waals surface area contributed by atoms with Crippen LogP contribution in [-0.2, 0) is 16.1 Å². The lowest BCUT2D eigenvalue weighted by Crippen LogP contribution is -2.54. The van der Waals surface area contributed by atoms with Gasteiger partial charge in [-0.25, -0.2) is 0 Å². The molecule has 1 amide bonds. The van der Waals surface area contributed by atoms with Crippen LogP contribution in [0.1, 0.15) is 32.0 Å². The van der Waals surface area contributed by atoms with Gasteiger partial charge in [0.25, 0.3) is 0 Å². The number of nitrogens with one attached hydrogen (secondary N) is 1. The third-order valence-electron chi connectivity index (χ3n) is 4.47. The van der Waals surface area contributed by atoms with Crippen LogP contribution in [0.3, 0.4) is 0 Å². The van der Waals surface area contributed by atoms with Crippen molar-refractivity contribution in [2.24, 2.45) is 0 Å². The number of hydrogen-bond donors (Lipinski definition) is 2. The van der Waals surface area contributed by atoms with Crippen LogP contribution < -0.4 is 5.32 Å². The second kappa shape index (κ2) is 8.06. The van der Waals surface area contributed by atoms with Crippen LogP contribution >= 0.6 is 0 Å². The van der Waals surface area contributed by atoms with Crippen LogP contribution in [0.5, 0.6) is 0 Å². The molecular weight excluding hydrogens is 330 g/mol. The van der Waals surface area contributed by atoms with E-state index < -0.39 is 10.9 Å². The quantitative estimate of drug-likeness (QED) is 0.489. The first-order valence-electron chi connectivity index (χ1n) is 8.23. The van der Waals surface area contributed by atoms with Crippen molar-refractivity contribution in [3.63, 3.8) is 0 Å². The number of amides is 1. The van der Waals surface area contributed by atoms with Gasteiger partial charge in [-0.2, -0.15) is 0 Å². The summed E-state index contributed by atoms with van der Waals surface area (Å²) in [5, 5.41) is 22.5. The van der Waals surface area contributed by atoms with Crippen LogP contribution in [0.4, 0.5) is 5.82 Å². The second-order valence-electron chi connectivity index (χ2n) is 6.19. The lowest BCUT2D eigenvalue weighted by molar-refractivity contribution is -0.389. The van der Waals surface area contributed by atoms with Crippen LogP contribution in [-0.4, -0.2) is 61.5 Å². The van der Waals surface area contributed by atoms with Gasteiger partial charge in [-0.05, 0) is 29.3 Å². The van der Waals surface area contributed by atoms with E-state index in [1.807, 2.05) is 11.8 Å². The maximum Gasteiger partial charge on any atom is 0.381 e. The number of aromatic nitrogens is 2. The molecule has 0 unspecified atom stereocenters. The Morgan fingerprint density at radius 3 is 2.72 bits per heavy atom. The van der Waals surface area contributed by atoms with Crippen LogP contribution in [0, 0.1) is 17.0 Å². The number of aryl methyl sites for hydroxylation is 2. The number of carbonyl (C=O) groups is 2. The van der Waals surface area contributed by atoms with Gasteiger partial charge in [-0.1, -0.05) is 6.92 Å². The molecule has 1 saturated carbocycles. The van der Waals surface area contributed by atoms with Gasteiger partial charge in [0, 0.05) is 32.0 Å². The van der Waals surface area contributed by atoms with Crippen LogP contribution in [0.25, 0.3) is 0 Å². The number of imidazole rings is 1. The molecule has 138 valence electrons. The molecule has 0 aromatic carbocycles. The molecule has 0 atom stereocenters. The topological polar surface area (TPSA) is 131 Å². The number of carboxylic acids is 1. The standard InChI is InChI=1S/C15H23N5O5/c1-3-18(9-15(22)23)12-6-11(7-12)17-14(21)4-5-19-8-13(20(24)25)16-10(19)2/h8,11-12H,3-7,9H2,1-2H3,(H,17,21)(H,22,23). The Balaban J connectivity index is 1.73. The van der Waals surface area contributed by atoms with Crippen molar-refractivity contribution >= 4 is 17.7 Å². The lowest BCUT2D eigenvalue weighted by Gasteiger charge is -2.42. The number of rotatable bonds is 9. The van der Waals surface area contributed by atoms with E-state index in [9.17, 15) is 19.7 Å². The van der Waals surface area contributed by atoms with Crippen LogP contribution in [0.2, 0.25) is 0 Å². The summed E-state index contributed by atoms with van der Waals surface area (Å²) < 4.78 is 1.59. The predicted octanol–water partition coefficient (Wildman–Crippen LogP) is 0.544.